The number of carbonyl (C=O) groups excluding carboxylic acids is 1. The number of hydrogen-bond acceptors (Lipinski definition) is 9. The van der Waals surface area contributed by atoms with Crippen molar-refractivity contribution in [3.8, 4) is 17.4 Å². The van der Waals surface area contributed by atoms with Gasteiger partial charge in [-0.2, -0.15) is 13.2 Å². The lowest BCUT2D eigenvalue weighted by Crippen LogP contribution is -2.51. The summed E-state index contributed by atoms with van der Waals surface area (Å²) in [5, 5.41) is 7.89. The number of sulfonamides is 1. The van der Waals surface area contributed by atoms with Crippen LogP contribution in [0.1, 0.15) is 62.7 Å². The minimum atomic E-state index is -4.26. The number of rotatable bonds is 5. The topological polar surface area (TPSA) is 128 Å². The quantitative estimate of drug-likeness (QED) is 0.409. The molecule has 1 atom stereocenters. The van der Waals surface area contributed by atoms with Crippen molar-refractivity contribution < 1.29 is 35.9 Å². The number of amides is 1. The lowest BCUT2D eigenvalue weighted by Gasteiger charge is -2.38. The number of ether oxygens (including phenoxy) is 2. The molecule has 3 aromatic rings. The maximum atomic E-state index is 13.6. The van der Waals surface area contributed by atoms with Crippen LogP contribution in [0.5, 0.6) is 11.6 Å². The first-order valence-electron chi connectivity index (χ1n) is 14.9. The normalized spacial score (nSPS) is 22.2. The van der Waals surface area contributed by atoms with Crippen molar-refractivity contribution in [3.63, 3.8) is 0 Å². The summed E-state index contributed by atoms with van der Waals surface area (Å²) < 4.78 is 81.3. The van der Waals surface area contributed by atoms with Crippen molar-refractivity contribution in [1.82, 2.24) is 24.8 Å². The average molecular weight is 649 g/mol. The molecule has 2 N–H and O–H groups in total. The average Bonchev–Trinajstić information content (AvgIpc) is 3.53. The first-order valence-corrected chi connectivity index (χ1v) is 16.4. The third-order valence-corrected chi connectivity index (χ3v) is 10.1. The number of aromatic nitrogens is 3. The fourth-order valence-corrected chi connectivity index (χ4v) is 6.90. The van der Waals surface area contributed by atoms with Crippen molar-refractivity contribution in [1.29, 1.82) is 0 Å². The van der Waals surface area contributed by atoms with E-state index in [2.05, 4.69) is 15.1 Å². The fourth-order valence-electron chi connectivity index (χ4n) is 5.90. The largest absolute Gasteiger partial charge is 0.494 e. The molecule has 1 saturated heterocycles. The van der Waals surface area contributed by atoms with Crippen LogP contribution in [-0.4, -0.2) is 66.7 Å². The molecule has 1 saturated carbocycles. The summed E-state index contributed by atoms with van der Waals surface area (Å²) in [6.45, 7) is 4.88. The second-order valence-corrected chi connectivity index (χ2v) is 14.0. The molecule has 2 bridgehead atoms. The molecule has 3 aliphatic rings. The molecule has 11 nitrogen and oxygen atoms in total. The van der Waals surface area contributed by atoms with Gasteiger partial charge in [-0.3, -0.25) is 10.1 Å². The van der Waals surface area contributed by atoms with Gasteiger partial charge in [0.2, 0.25) is 5.88 Å². The number of alkyl halides is 3. The van der Waals surface area contributed by atoms with E-state index in [9.17, 15) is 26.4 Å². The smallest absolute Gasteiger partial charge is 0.394 e. The van der Waals surface area contributed by atoms with Crippen LogP contribution in [-0.2, 0) is 10.0 Å². The van der Waals surface area contributed by atoms with Gasteiger partial charge in [0, 0.05) is 30.4 Å². The molecule has 1 amide bonds. The van der Waals surface area contributed by atoms with Crippen molar-refractivity contribution in [2.45, 2.75) is 75.1 Å². The number of halogens is 3. The van der Waals surface area contributed by atoms with Gasteiger partial charge in [-0.15, -0.1) is 5.10 Å². The molecule has 1 aromatic carbocycles. The van der Waals surface area contributed by atoms with E-state index in [-0.39, 0.29) is 54.2 Å². The van der Waals surface area contributed by atoms with Crippen LogP contribution in [0, 0.1) is 5.41 Å². The summed E-state index contributed by atoms with van der Waals surface area (Å²) >= 11 is 0. The molecule has 2 fully saturated rings. The molecule has 0 radical (unpaired) electrons. The molecule has 45 heavy (non-hydrogen) atoms. The Morgan fingerprint density at radius 3 is 2.69 bits per heavy atom. The molecular formula is C30H35F3N6O5S. The van der Waals surface area contributed by atoms with E-state index >= 15 is 0 Å². The van der Waals surface area contributed by atoms with Crippen LogP contribution in [0.3, 0.4) is 0 Å². The maximum Gasteiger partial charge on any atom is 0.394 e. The SMILES string of the molecule is CC1(C)CCC2NCCCOc3cccc(c3)S(=O)(=O)NC(=O)c3ccc(-n4ccc(OCCC5(C(F)(F)F)CC5)n4)nc3N21. The van der Waals surface area contributed by atoms with Crippen molar-refractivity contribution in [2.75, 3.05) is 24.7 Å². The van der Waals surface area contributed by atoms with Gasteiger partial charge >= 0.3 is 6.18 Å². The summed E-state index contributed by atoms with van der Waals surface area (Å²) in [5.41, 5.74) is -2.07. The Morgan fingerprint density at radius 1 is 1.13 bits per heavy atom. The number of anilines is 1. The van der Waals surface area contributed by atoms with Gasteiger partial charge in [-0.05, 0) is 76.6 Å². The Balaban J connectivity index is 1.32. The highest BCUT2D eigenvalue weighted by molar-refractivity contribution is 7.90. The number of carbonyl (C=O) groups is 1. The van der Waals surface area contributed by atoms with Crippen LogP contribution in [0.15, 0.2) is 53.6 Å². The Bertz CT molecular complexity index is 1690. The van der Waals surface area contributed by atoms with E-state index in [0.717, 1.165) is 12.8 Å². The first kappa shape index (κ1) is 31.1. The molecule has 6 rings (SSSR count). The van der Waals surface area contributed by atoms with E-state index in [1.54, 1.807) is 18.3 Å². The molecule has 4 heterocycles. The predicted molar refractivity (Wildman–Crippen MR) is 158 cm³/mol. The molecule has 0 spiro atoms. The molecule has 1 aliphatic carbocycles. The minimum Gasteiger partial charge on any atom is -0.494 e. The molecule has 2 aliphatic heterocycles. The van der Waals surface area contributed by atoms with Crippen LogP contribution >= 0.6 is 0 Å². The zero-order chi connectivity index (χ0) is 32.0. The number of nitrogens with one attached hydrogen (secondary N) is 2. The molecular weight excluding hydrogens is 613 g/mol. The number of benzene rings is 1. The van der Waals surface area contributed by atoms with Crippen LogP contribution in [0.25, 0.3) is 5.82 Å². The Labute approximate surface area is 259 Å². The Morgan fingerprint density at radius 2 is 1.93 bits per heavy atom. The Kier molecular flexibility index (Phi) is 7.96. The monoisotopic (exact) mass is 648 g/mol. The maximum absolute atomic E-state index is 13.6. The van der Waals surface area contributed by atoms with Gasteiger partial charge in [-0.25, -0.2) is 22.8 Å². The molecule has 242 valence electrons. The third-order valence-electron chi connectivity index (χ3n) is 8.72. The summed E-state index contributed by atoms with van der Waals surface area (Å²) in [5.74, 6) is 0.244. The number of hydrogen-bond donors (Lipinski definition) is 2. The summed E-state index contributed by atoms with van der Waals surface area (Å²) in [7, 11) is -4.25. The van der Waals surface area contributed by atoms with Crippen LogP contribution in [0.2, 0.25) is 0 Å². The van der Waals surface area contributed by atoms with Crippen molar-refractivity contribution in [3.05, 3.63) is 54.2 Å². The second-order valence-electron chi connectivity index (χ2n) is 12.3. The van der Waals surface area contributed by atoms with Gasteiger partial charge in [0.05, 0.1) is 35.3 Å². The summed E-state index contributed by atoms with van der Waals surface area (Å²) in [6, 6.07) is 10.5. The first-order chi connectivity index (χ1) is 21.3. The molecule has 2 aromatic heterocycles. The van der Waals surface area contributed by atoms with Gasteiger partial charge in [0.1, 0.15) is 11.6 Å². The molecule has 1 unspecified atom stereocenters. The number of fused-ring (bicyclic) bond motifs is 5. The second kappa shape index (κ2) is 11.5. The van der Waals surface area contributed by atoms with Crippen LogP contribution in [0.4, 0.5) is 19.0 Å². The third kappa shape index (κ3) is 6.32. The standard InChI is InChI=1S/C30H35F3N6O5S/c1-28(2)11-9-23-34-15-4-17-43-20-5-3-6-21(19-20)45(41,42)37-27(40)22-7-8-24(35-26(22)39(23)28)38-16-10-25(36-38)44-18-14-29(12-13-29)30(31,32)33/h3,5-8,10,16,19,23,34H,4,9,11-15,17-18H2,1-2H3,(H,37,40). The number of nitrogens with zero attached hydrogens (tertiary/aromatic N) is 4. The van der Waals surface area contributed by atoms with Crippen LogP contribution < -0.4 is 24.4 Å². The minimum absolute atomic E-state index is 0.0527. The van der Waals surface area contributed by atoms with Gasteiger partial charge in [-0.1, -0.05) is 6.07 Å². The van der Waals surface area contributed by atoms with E-state index in [0.29, 0.717) is 31.1 Å². The Hall–Kier alpha value is -3.85. The lowest BCUT2D eigenvalue weighted by molar-refractivity contribution is -0.190. The van der Waals surface area contributed by atoms with E-state index in [4.69, 9.17) is 14.5 Å². The predicted octanol–water partition coefficient (Wildman–Crippen LogP) is 4.57. The van der Waals surface area contributed by atoms with Gasteiger partial charge < -0.3 is 14.4 Å². The zero-order valence-electron chi connectivity index (χ0n) is 24.9. The van der Waals surface area contributed by atoms with E-state index < -0.39 is 33.1 Å². The zero-order valence-corrected chi connectivity index (χ0v) is 25.7. The fraction of sp³-hybridized carbons (Fsp3) is 0.500. The highest BCUT2D eigenvalue weighted by Crippen LogP contribution is 2.59. The summed E-state index contributed by atoms with van der Waals surface area (Å²) in [4.78, 5) is 20.3. The molecule has 15 heteroatoms. The number of pyridine rings is 1. The van der Waals surface area contributed by atoms with Gasteiger partial charge in [0.25, 0.3) is 15.9 Å². The summed E-state index contributed by atoms with van der Waals surface area (Å²) in [6.07, 6.45) is -0.668. The van der Waals surface area contributed by atoms with Crippen molar-refractivity contribution in [2.24, 2.45) is 5.41 Å². The van der Waals surface area contributed by atoms with Gasteiger partial charge in [0.15, 0.2) is 5.82 Å². The highest BCUT2D eigenvalue weighted by atomic mass is 32.2. The van der Waals surface area contributed by atoms with E-state index in [1.165, 1.54) is 35.0 Å². The lowest BCUT2D eigenvalue weighted by atomic mass is 10.0. The van der Waals surface area contributed by atoms with Crippen molar-refractivity contribution >= 4 is 21.7 Å². The highest BCUT2D eigenvalue weighted by Gasteiger charge is 2.62. The van der Waals surface area contributed by atoms with E-state index in [1.807, 2.05) is 18.7 Å².